The van der Waals surface area contributed by atoms with Gasteiger partial charge in [-0.25, -0.2) is 0 Å². The van der Waals surface area contributed by atoms with Crippen LogP contribution in [0.3, 0.4) is 0 Å². The first-order valence-corrected chi connectivity index (χ1v) is 7.26. The number of hydrogen-bond donors (Lipinski definition) is 2. The van der Waals surface area contributed by atoms with Gasteiger partial charge in [0.25, 0.3) is 0 Å². The molecule has 5 nitrogen and oxygen atoms in total. The van der Waals surface area contributed by atoms with Crippen molar-refractivity contribution in [2.45, 2.75) is 19.4 Å². The molecule has 1 aromatic carbocycles. The third kappa shape index (κ3) is 3.58. The van der Waals surface area contributed by atoms with Crippen LogP contribution in [-0.4, -0.2) is 31.2 Å². The maximum Gasteiger partial charge on any atom is 0.237 e. The van der Waals surface area contributed by atoms with Crippen LogP contribution in [0.15, 0.2) is 24.3 Å². The molecule has 2 rings (SSSR count). The van der Waals surface area contributed by atoms with E-state index < -0.39 is 5.41 Å². The summed E-state index contributed by atoms with van der Waals surface area (Å²) in [7, 11) is 1.63. The molecular weight excluding hydrogens is 288 g/mol. The number of amides is 1. The van der Waals surface area contributed by atoms with Gasteiger partial charge in [-0.2, -0.15) is 0 Å². The van der Waals surface area contributed by atoms with E-state index >= 15 is 0 Å². The Labute approximate surface area is 129 Å². The van der Waals surface area contributed by atoms with Crippen molar-refractivity contribution in [1.29, 1.82) is 0 Å². The van der Waals surface area contributed by atoms with E-state index in [1.807, 2.05) is 24.3 Å². The van der Waals surface area contributed by atoms with E-state index in [0.717, 1.165) is 11.3 Å². The Kier molecular flexibility index (Phi) is 5.27. The van der Waals surface area contributed by atoms with E-state index in [-0.39, 0.29) is 10.9 Å². The topological polar surface area (TPSA) is 73.6 Å². The zero-order chi connectivity index (χ0) is 15.3. The van der Waals surface area contributed by atoms with Gasteiger partial charge in [0.2, 0.25) is 5.91 Å². The minimum Gasteiger partial charge on any atom is -0.392 e. The molecule has 6 heteroatoms. The molecule has 1 fully saturated rings. The minimum absolute atomic E-state index is 0.159. The van der Waals surface area contributed by atoms with E-state index in [2.05, 4.69) is 5.32 Å². The molecule has 0 spiro atoms. The maximum absolute atomic E-state index is 12.6. The van der Waals surface area contributed by atoms with Crippen molar-refractivity contribution in [1.82, 2.24) is 0 Å². The Bertz CT molecular complexity index is 527. The zero-order valence-corrected chi connectivity index (χ0v) is 12.9. The number of anilines is 1. The number of ether oxygens (including phenoxy) is 2. The van der Waals surface area contributed by atoms with Gasteiger partial charge in [0.1, 0.15) is 5.41 Å². The van der Waals surface area contributed by atoms with Crippen molar-refractivity contribution in [3.05, 3.63) is 29.8 Å². The number of carbonyl (C=O) groups excluding carboxylic acids is 1. The van der Waals surface area contributed by atoms with E-state index in [9.17, 15) is 4.79 Å². The molecule has 0 radical (unpaired) electrons. The molecule has 1 aliphatic rings. The van der Waals surface area contributed by atoms with Gasteiger partial charge < -0.3 is 20.5 Å². The van der Waals surface area contributed by atoms with Crippen molar-refractivity contribution >= 4 is 28.8 Å². The predicted octanol–water partition coefficient (Wildman–Crippen LogP) is 1.85. The smallest absolute Gasteiger partial charge is 0.237 e. The lowest BCUT2D eigenvalue weighted by Crippen LogP contribution is -2.49. The highest BCUT2D eigenvalue weighted by molar-refractivity contribution is 7.80. The van der Waals surface area contributed by atoms with Crippen LogP contribution < -0.4 is 11.1 Å². The lowest BCUT2D eigenvalue weighted by Gasteiger charge is -2.34. The highest BCUT2D eigenvalue weighted by Gasteiger charge is 2.43. The molecule has 1 saturated heterocycles. The first-order chi connectivity index (χ1) is 10.1. The second kappa shape index (κ2) is 6.98. The van der Waals surface area contributed by atoms with Gasteiger partial charge in [0.05, 0.1) is 11.6 Å². The van der Waals surface area contributed by atoms with E-state index in [1.165, 1.54) is 0 Å². The van der Waals surface area contributed by atoms with Crippen LogP contribution in [-0.2, 0) is 20.9 Å². The fourth-order valence-corrected chi connectivity index (χ4v) is 2.76. The monoisotopic (exact) mass is 308 g/mol. The van der Waals surface area contributed by atoms with Crippen LogP contribution in [0.4, 0.5) is 5.69 Å². The fourth-order valence-electron chi connectivity index (χ4n) is 2.46. The van der Waals surface area contributed by atoms with Gasteiger partial charge in [0.15, 0.2) is 0 Å². The molecule has 0 atom stereocenters. The third-order valence-electron chi connectivity index (χ3n) is 3.75. The Morgan fingerprint density at radius 1 is 1.48 bits per heavy atom. The van der Waals surface area contributed by atoms with Gasteiger partial charge in [-0.15, -0.1) is 0 Å². The average Bonchev–Trinajstić information content (AvgIpc) is 2.48. The molecule has 114 valence electrons. The molecule has 0 aromatic heterocycles. The summed E-state index contributed by atoms with van der Waals surface area (Å²) >= 11 is 5.13. The Morgan fingerprint density at radius 3 is 2.81 bits per heavy atom. The molecule has 1 amide bonds. The number of rotatable bonds is 5. The summed E-state index contributed by atoms with van der Waals surface area (Å²) < 4.78 is 10.4. The second-order valence-electron chi connectivity index (χ2n) is 5.15. The van der Waals surface area contributed by atoms with Gasteiger partial charge >= 0.3 is 0 Å². The van der Waals surface area contributed by atoms with Crippen LogP contribution in [0.2, 0.25) is 0 Å². The van der Waals surface area contributed by atoms with Crippen molar-refractivity contribution in [3.8, 4) is 0 Å². The quantitative estimate of drug-likeness (QED) is 0.812. The van der Waals surface area contributed by atoms with Gasteiger partial charge in [-0.1, -0.05) is 24.4 Å². The molecule has 1 heterocycles. The lowest BCUT2D eigenvalue weighted by molar-refractivity contribution is -0.126. The van der Waals surface area contributed by atoms with E-state index in [1.54, 1.807) is 7.11 Å². The maximum atomic E-state index is 12.6. The molecule has 3 N–H and O–H groups in total. The predicted molar refractivity (Wildman–Crippen MR) is 85.1 cm³/mol. The molecule has 0 aliphatic carbocycles. The van der Waals surface area contributed by atoms with E-state index in [4.69, 9.17) is 27.4 Å². The van der Waals surface area contributed by atoms with Crippen LogP contribution in [0.1, 0.15) is 18.4 Å². The van der Waals surface area contributed by atoms with Crippen LogP contribution in [0.25, 0.3) is 0 Å². The van der Waals surface area contributed by atoms with Crippen molar-refractivity contribution in [2.24, 2.45) is 11.1 Å². The fraction of sp³-hybridized carbons (Fsp3) is 0.467. The number of carbonyl (C=O) groups is 1. The molecule has 0 unspecified atom stereocenters. The van der Waals surface area contributed by atoms with Crippen LogP contribution >= 0.6 is 12.2 Å². The molecular formula is C15H20N2O3S. The number of thiocarbonyl (C=S) groups is 1. The number of benzene rings is 1. The van der Waals surface area contributed by atoms with E-state index in [0.29, 0.717) is 32.7 Å². The first-order valence-electron chi connectivity index (χ1n) is 6.85. The van der Waals surface area contributed by atoms with Crippen LogP contribution in [0, 0.1) is 5.41 Å². The Hall–Kier alpha value is -1.50. The zero-order valence-electron chi connectivity index (χ0n) is 12.1. The van der Waals surface area contributed by atoms with Gasteiger partial charge in [0, 0.05) is 26.0 Å². The largest absolute Gasteiger partial charge is 0.392 e. The third-order valence-corrected chi connectivity index (χ3v) is 4.14. The van der Waals surface area contributed by atoms with Gasteiger partial charge in [-0.05, 0) is 30.5 Å². The standard InChI is InChI=1S/C15H20N2O3S/c1-19-10-11-3-2-4-12(9-11)17-14(18)15(13(16)21)5-7-20-8-6-15/h2-4,9H,5-8,10H2,1H3,(H2,16,21)(H,17,18). The Balaban J connectivity index is 2.15. The molecule has 0 saturated carbocycles. The molecule has 1 aromatic rings. The number of methoxy groups -OCH3 is 1. The summed E-state index contributed by atoms with van der Waals surface area (Å²) in [6, 6.07) is 7.54. The molecule has 0 bridgehead atoms. The van der Waals surface area contributed by atoms with Gasteiger partial charge in [-0.3, -0.25) is 4.79 Å². The van der Waals surface area contributed by atoms with Crippen molar-refractivity contribution in [2.75, 3.05) is 25.6 Å². The SMILES string of the molecule is COCc1cccc(NC(=O)C2(C(N)=S)CCOCC2)c1. The highest BCUT2D eigenvalue weighted by Crippen LogP contribution is 2.32. The lowest BCUT2D eigenvalue weighted by atomic mass is 9.79. The normalized spacial score (nSPS) is 17.2. The van der Waals surface area contributed by atoms with Crippen molar-refractivity contribution < 1.29 is 14.3 Å². The summed E-state index contributed by atoms with van der Waals surface area (Å²) in [5, 5.41) is 2.92. The average molecular weight is 308 g/mol. The number of nitrogens with two attached hydrogens (primary N) is 1. The minimum atomic E-state index is -0.815. The first kappa shape index (κ1) is 15.9. The second-order valence-corrected chi connectivity index (χ2v) is 5.59. The summed E-state index contributed by atoms with van der Waals surface area (Å²) in [6.45, 7) is 1.49. The summed E-state index contributed by atoms with van der Waals surface area (Å²) in [6.07, 6.45) is 1.04. The molecule has 21 heavy (non-hydrogen) atoms. The summed E-state index contributed by atoms with van der Waals surface area (Å²) in [4.78, 5) is 12.9. The van der Waals surface area contributed by atoms with Crippen LogP contribution in [0.5, 0.6) is 0 Å². The Morgan fingerprint density at radius 2 is 2.19 bits per heavy atom. The highest BCUT2D eigenvalue weighted by atomic mass is 32.1. The number of nitrogens with one attached hydrogen (secondary N) is 1. The van der Waals surface area contributed by atoms with Crippen molar-refractivity contribution in [3.63, 3.8) is 0 Å². The summed E-state index contributed by atoms with van der Waals surface area (Å²) in [5.74, 6) is -0.159. The molecule has 1 aliphatic heterocycles. The number of hydrogen-bond acceptors (Lipinski definition) is 4. The summed E-state index contributed by atoms with van der Waals surface area (Å²) in [5.41, 5.74) is 6.73.